The highest BCUT2D eigenvalue weighted by molar-refractivity contribution is 5.99. The number of halogens is 1. The summed E-state index contributed by atoms with van der Waals surface area (Å²) in [5, 5.41) is 5.36. The van der Waals surface area contributed by atoms with Gasteiger partial charge in [0, 0.05) is 20.7 Å². The summed E-state index contributed by atoms with van der Waals surface area (Å²) in [7, 11) is 3.14. The second-order valence-electron chi connectivity index (χ2n) is 3.67. The molecule has 17 heavy (non-hydrogen) atoms. The van der Waals surface area contributed by atoms with Crippen LogP contribution in [0.5, 0.6) is 0 Å². The average Bonchev–Trinajstić information content (AvgIpc) is 2.35. The van der Waals surface area contributed by atoms with Crippen molar-refractivity contribution < 1.29 is 13.9 Å². The summed E-state index contributed by atoms with van der Waals surface area (Å²) < 4.78 is 18.4. The molecule has 0 aliphatic rings. The van der Waals surface area contributed by atoms with Crippen molar-refractivity contribution in [3.05, 3.63) is 29.6 Å². The van der Waals surface area contributed by atoms with Gasteiger partial charge >= 0.3 is 0 Å². The fourth-order valence-electron chi connectivity index (χ4n) is 1.38. The van der Waals surface area contributed by atoms with Crippen LogP contribution in [0, 0.1) is 5.82 Å². The Morgan fingerprint density at radius 3 is 2.82 bits per heavy atom. The predicted octanol–water partition coefficient (Wildman–Crippen LogP) is 1.63. The third-order valence-electron chi connectivity index (χ3n) is 2.46. The summed E-state index contributed by atoms with van der Waals surface area (Å²) in [5.41, 5.74) is 0.492. The molecule has 5 heteroatoms. The Bertz CT molecular complexity index is 396. The van der Waals surface area contributed by atoms with Gasteiger partial charge in [-0.15, -0.1) is 0 Å². The minimum Gasteiger partial charge on any atom is -0.385 e. The number of para-hydroxylation sites is 1. The number of carbonyl (C=O) groups is 1. The summed E-state index contributed by atoms with van der Waals surface area (Å²) in [4.78, 5) is 11.8. The van der Waals surface area contributed by atoms with E-state index in [4.69, 9.17) is 4.74 Å². The van der Waals surface area contributed by atoms with Gasteiger partial charge in [0.05, 0.1) is 17.4 Å². The molecule has 0 fully saturated rings. The summed E-state index contributed by atoms with van der Waals surface area (Å²) in [5.74, 6) is -0.766. The molecule has 0 aromatic heterocycles. The number of hydrogen-bond donors (Lipinski definition) is 2. The molecule has 1 amide bonds. The Labute approximate surface area is 100 Å². The molecular formula is C12H17FN2O2. The first-order chi connectivity index (χ1) is 8.10. The summed E-state index contributed by atoms with van der Waals surface area (Å²) in [6.45, 7) is 2.22. The van der Waals surface area contributed by atoms with E-state index in [0.717, 1.165) is 0 Å². The van der Waals surface area contributed by atoms with Crippen LogP contribution in [0.1, 0.15) is 17.3 Å². The van der Waals surface area contributed by atoms with Gasteiger partial charge in [-0.25, -0.2) is 4.39 Å². The van der Waals surface area contributed by atoms with E-state index in [1.807, 2.05) is 6.92 Å². The molecule has 0 saturated carbocycles. The van der Waals surface area contributed by atoms with Gasteiger partial charge in [-0.2, -0.15) is 0 Å². The predicted molar refractivity (Wildman–Crippen MR) is 64.8 cm³/mol. The molecule has 0 radical (unpaired) electrons. The third-order valence-corrected chi connectivity index (χ3v) is 2.46. The average molecular weight is 240 g/mol. The third kappa shape index (κ3) is 3.42. The van der Waals surface area contributed by atoms with Crippen molar-refractivity contribution in [2.24, 2.45) is 0 Å². The zero-order valence-electron chi connectivity index (χ0n) is 10.2. The maximum atomic E-state index is 13.4. The molecular weight excluding hydrogens is 223 g/mol. The molecule has 1 aromatic carbocycles. The molecule has 0 spiro atoms. The highest BCUT2D eigenvalue weighted by Gasteiger charge is 2.14. The molecule has 0 aliphatic heterocycles. The zero-order chi connectivity index (χ0) is 12.8. The van der Waals surface area contributed by atoms with Gasteiger partial charge in [0.2, 0.25) is 0 Å². The number of methoxy groups -OCH3 is 1. The van der Waals surface area contributed by atoms with E-state index < -0.39 is 5.82 Å². The van der Waals surface area contributed by atoms with E-state index in [1.165, 1.54) is 12.1 Å². The first-order valence-electron chi connectivity index (χ1n) is 5.37. The maximum Gasteiger partial charge on any atom is 0.253 e. The molecule has 0 saturated heterocycles. The molecule has 1 rings (SSSR count). The zero-order valence-corrected chi connectivity index (χ0v) is 10.2. The topological polar surface area (TPSA) is 50.4 Å². The van der Waals surface area contributed by atoms with E-state index in [-0.39, 0.29) is 23.3 Å². The van der Waals surface area contributed by atoms with Crippen LogP contribution < -0.4 is 10.6 Å². The van der Waals surface area contributed by atoms with Crippen molar-refractivity contribution in [2.75, 3.05) is 26.0 Å². The monoisotopic (exact) mass is 240 g/mol. The van der Waals surface area contributed by atoms with Gasteiger partial charge in [0.1, 0.15) is 5.82 Å². The Balaban J connectivity index is 2.78. The van der Waals surface area contributed by atoms with Crippen LogP contribution >= 0.6 is 0 Å². The smallest absolute Gasteiger partial charge is 0.253 e. The largest absolute Gasteiger partial charge is 0.385 e. The number of carbonyl (C=O) groups excluding carboxylic acids is 1. The van der Waals surface area contributed by atoms with Crippen LogP contribution in [-0.2, 0) is 4.74 Å². The molecule has 0 aliphatic carbocycles. The van der Waals surface area contributed by atoms with E-state index in [1.54, 1.807) is 20.2 Å². The summed E-state index contributed by atoms with van der Waals surface area (Å²) in [6.07, 6.45) is -0.0782. The minimum atomic E-state index is -0.445. The van der Waals surface area contributed by atoms with Crippen molar-refractivity contribution in [3.63, 3.8) is 0 Å². The van der Waals surface area contributed by atoms with Crippen molar-refractivity contribution in [2.45, 2.75) is 13.0 Å². The molecule has 1 aromatic rings. The lowest BCUT2D eigenvalue weighted by molar-refractivity contribution is 0.0871. The first kappa shape index (κ1) is 13.4. The molecule has 0 bridgehead atoms. The van der Waals surface area contributed by atoms with E-state index in [9.17, 15) is 9.18 Å². The number of amides is 1. The van der Waals surface area contributed by atoms with Crippen LogP contribution in [-0.4, -0.2) is 32.7 Å². The Hall–Kier alpha value is -1.62. The normalized spacial score (nSPS) is 12.0. The molecule has 0 heterocycles. The van der Waals surface area contributed by atoms with Crippen LogP contribution in [0.15, 0.2) is 18.2 Å². The fraction of sp³-hybridized carbons (Fsp3) is 0.417. The lowest BCUT2D eigenvalue weighted by atomic mass is 10.1. The highest BCUT2D eigenvalue weighted by Crippen LogP contribution is 2.18. The van der Waals surface area contributed by atoms with Gasteiger partial charge in [-0.3, -0.25) is 4.79 Å². The van der Waals surface area contributed by atoms with Crippen LogP contribution in [0.4, 0.5) is 10.1 Å². The second kappa shape index (κ2) is 6.20. The standard InChI is InChI=1S/C12H17FN2O2/c1-8(17-3)7-15-12(16)9-5-4-6-10(13)11(9)14-2/h4-6,8,14H,7H2,1-3H3,(H,15,16). The van der Waals surface area contributed by atoms with Gasteiger partial charge in [0.15, 0.2) is 0 Å². The van der Waals surface area contributed by atoms with E-state index >= 15 is 0 Å². The number of benzene rings is 1. The second-order valence-corrected chi connectivity index (χ2v) is 3.67. The molecule has 1 atom stereocenters. The van der Waals surface area contributed by atoms with E-state index in [0.29, 0.717) is 6.54 Å². The van der Waals surface area contributed by atoms with Crippen LogP contribution in [0.25, 0.3) is 0 Å². The fourth-order valence-corrected chi connectivity index (χ4v) is 1.38. The van der Waals surface area contributed by atoms with Gasteiger partial charge in [-0.1, -0.05) is 6.07 Å². The Morgan fingerprint density at radius 1 is 1.53 bits per heavy atom. The number of rotatable bonds is 5. The Morgan fingerprint density at radius 2 is 2.24 bits per heavy atom. The number of nitrogens with one attached hydrogen (secondary N) is 2. The quantitative estimate of drug-likeness (QED) is 0.822. The summed E-state index contributed by atoms with van der Waals surface area (Å²) in [6, 6.07) is 4.38. The lowest BCUT2D eigenvalue weighted by Crippen LogP contribution is -2.32. The van der Waals surface area contributed by atoms with Crippen LogP contribution in [0.3, 0.4) is 0 Å². The van der Waals surface area contributed by atoms with Crippen molar-refractivity contribution >= 4 is 11.6 Å². The number of hydrogen-bond acceptors (Lipinski definition) is 3. The van der Waals surface area contributed by atoms with E-state index in [2.05, 4.69) is 10.6 Å². The molecule has 2 N–H and O–H groups in total. The van der Waals surface area contributed by atoms with Gasteiger partial charge in [0.25, 0.3) is 5.91 Å². The minimum absolute atomic E-state index is 0.0782. The molecule has 1 unspecified atom stereocenters. The lowest BCUT2D eigenvalue weighted by Gasteiger charge is -2.13. The first-order valence-corrected chi connectivity index (χ1v) is 5.37. The number of anilines is 1. The van der Waals surface area contributed by atoms with Gasteiger partial charge in [-0.05, 0) is 19.1 Å². The summed E-state index contributed by atoms with van der Waals surface area (Å²) >= 11 is 0. The number of ether oxygens (including phenoxy) is 1. The maximum absolute atomic E-state index is 13.4. The SMILES string of the molecule is CNc1c(F)cccc1C(=O)NCC(C)OC. The van der Waals surface area contributed by atoms with Gasteiger partial charge < -0.3 is 15.4 Å². The molecule has 4 nitrogen and oxygen atoms in total. The van der Waals surface area contributed by atoms with Crippen molar-refractivity contribution in [1.29, 1.82) is 0 Å². The van der Waals surface area contributed by atoms with Crippen molar-refractivity contribution in [1.82, 2.24) is 5.32 Å². The highest BCUT2D eigenvalue weighted by atomic mass is 19.1. The van der Waals surface area contributed by atoms with Crippen molar-refractivity contribution in [3.8, 4) is 0 Å². The van der Waals surface area contributed by atoms with Crippen LogP contribution in [0.2, 0.25) is 0 Å². The Kier molecular flexibility index (Phi) is 4.90. The molecule has 94 valence electrons.